The van der Waals surface area contributed by atoms with Crippen LogP contribution in [0.5, 0.6) is 5.75 Å². The highest BCUT2D eigenvalue weighted by Crippen LogP contribution is 2.45. The van der Waals surface area contributed by atoms with Crippen molar-refractivity contribution in [2.75, 3.05) is 25.2 Å². The standard InChI is InChI=1S/C26H30ClNO5/c1-25(2,3)33-24(30)28-15-26(11-5-6-18-14-19(27)8-9-20(18)26)16-32-22-10-7-17(12-21(22)28)13-23(29)31-4/h7-10,12,14H,5-6,11,13,15-16H2,1-4H3/t26-/m0/s1. The highest BCUT2D eigenvalue weighted by atomic mass is 35.5. The second-order valence-corrected chi connectivity index (χ2v) is 10.3. The SMILES string of the molecule is COC(=O)Cc1ccc2c(c1)N(C(=O)OC(C)(C)C)C[C@@]1(CCCc3cc(Cl)ccc31)CO2. The molecule has 1 spiro atoms. The second kappa shape index (κ2) is 8.90. The number of hydrogen-bond acceptors (Lipinski definition) is 5. The van der Waals surface area contributed by atoms with E-state index in [0.29, 0.717) is 29.6 Å². The summed E-state index contributed by atoms with van der Waals surface area (Å²) in [5, 5.41) is 0.708. The fourth-order valence-corrected chi connectivity index (χ4v) is 4.92. The molecule has 2 aromatic carbocycles. The van der Waals surface area contributed by atoms with Gasteiger partial charge in [0.25, 0.3) is 0 Å². The third-order valence-corrected chi connectivity index (χ3v) is 6.44. The lowest BCUT2D eigenvalue weighted by Crippen LogP contribution is -2.48. The molecule has 6 nitrogen and oxygen atoms in total. The van der Waals surface area contributed by atoms with Gasteiger partial charge in [-0.25, -0.2) is 4.79 Å². The molecule has 1 aliphatic heterocycles. The number of carbonyl (C=O) groups excluding carboxylic acids is 2. The van der Waals surface area contributed by atoms with Crippen molar-refractivity contribution in [2.45, 2.75) is 57.5 Å². The Morgan fingerprint density at radius 2 is 1.97 bits per heavy atom. The maximum Gasteiger partial charge on any atom is 0.414 e. The number of halogens is 1. The summed E-state index contributed by atoms with van der Waals surface area (Å²) in [5.74, 6) is 0.246. The van der Waals surface area contributed by atoms with E-state index in [1.807, 2.05) is 51.1 Å². The predicted octanol–water partition coefficient (Wildman–Crippen LogP) is 5.46. The molecule has 0 unspecified atom stereocenters. The Kier molecular flexibility index (Phi) is 6.32. The van der Waals surface area contributed by atoms with Gasteiger partial charge in [-0.05, 0) is 81.0 Å². The zero-order valence-electron chi connectivity index (χ0n) is 19.6. The van der Waals surface area contributed by atoms with Gasteiger partial charge in [-0.2, -0.15) is 0 Å². The molecule has 176 valence electrons. The number of rotatable bonds is 2. The topological polar surface area (TPSA) is 65.1 Å². The van der Waals surface area contributed by atoms with Crippen LogP contribution in [0.1, 0.15) is 50.3 Å². The van der Waals surface area contributed by atoms with Crippen molar-refractivity contribution in [3.63, 3.8) is 0 Å². The summed E-state index contributed by atoms with van der Waals surface area (Å²) in [6.45, 7) is 6.39. The van der Waals surface area contributed by atoms with Crippen LogP contribution >= 0.6 is 11.6 Å². The lowest BCUT2D eigenvalue weighted by Gasteiger charge is -2.40. The molecule has 1 atom stereocenters. The first-order chi connectivity index (χ1) is 15.6. The highest BCUT2D eigenvalue weighted by molar-refractivity contribution is 6.30. The molecule has 2 aliphatic rings. The Bertz CT molecular complexity index is 1080. The molecular weight excluding hydrogens is 442 g/mol. The smallest absolute Gasteiger partial charge is 0.414 e. The summed E-state index contributed by atoms with van der Waals surface area (Å²) in [6, 6.07) is 11.4. The first-order valence-corrected chi connectivity index (χ1v) is 11.6. The lowest BCUT2D eigenvalue weighted by molar-refractivity contribution is -0.139. The number of methoxy groups -OCH3 is 1. The van der Waals surface area contributed by atoms with Gasteiger partial charge in [-0.1, -0.05) is 23.7 Å². The van der Waals surface area contributed by atoms with E-state index in [4.69, 9.17) is 25.8 Å². The third-order valence-electron chi connectivity index (χ3n) is 6.21. The monoisotopic (exact) mass is 471 g/mol. The third kappa shape index (κ3) is 4.96. The van der Waals surface area contributed by atoms with Crippen LogP contribution < -0.4 is 9.64 Å². The number of anilines is 1. The molecule has 7 heteroatoms. The minimum Gasteiger partial charge on any atom is -0.490 e. The van der Waals surface area contributed by atoms with E-state index < -0.39 is 17.1 Å². The molecule has 0 fully saturated rings. The van der Waals surface area contributed by atoms with Crippen LogP contribution in [0.3, 0.4) is 0 Å². The van der Waals surface area contributed by atoms with E-state index in [9.17, 15) is 9.59 Å². The van der Waals surface area contributed by atoms with Crippen molar-refractivity contribution in [2.24, 2.45) is 0 Å². The predicted molar refractivity (Wildman–Crippen MR) is 127 cm³/mol. The Hall–Kier alpha value is -2.73. The van der Waals surface area contributed by atoms with Gasteiger partial charge < -0.3 is 14.2 Å². The van der Waals surface area contributed by atoms with E-state index in [-0.39, 0.29) is 12.4 Å². The van der Waals surface area contributed by atoms with E-state index in [2.05, 4.69) is 6.07 Å². The molecular formula is C26H30ClNO5. The lowest BCUT2D eigenvalue weighted by atomic mass is 9.70. The number of benzene rings is 2. The number of esters is 1. The summed E-state index contributed by atoms with van der Waals surface area (Å²) in [5.41, 5.74) is 2.65. The summed E-state index contributed by atoms with van der Waals surface area (Å²) >= 11 is 6.28. The largest absolute Gasteiger partial charge is 0.490 e. The zero-order valence-corrected chi connectivity index (χ0v) is 20.3. The van der Waals surface area contributed by atoms with Crippen LogP contribution in [-0.2, 0) is 32.5 Å². The quantitative estimate of drug-likeness (QED) is 0.544. The molecule has 0 aromatic heterocycles. The van der Waals surface area contributed by atoms with Crippen LogP contribution in [0.15, 0.2) is 36.4 Å². The Morgan fingerprint density at radius 3 is 2.70 bits per heavy atom. The van der Waals surface area contributed by atoms with E-state index >= 15 is 0 Å². The molecule has 0 radical (unpaired) electrons. The van der Waals surface area contributed by atoms with Crippen LogP contribution in [0.4, 0.5) is 10.5 Å². The highest BCUT2D eigenvalue weighted by Gasteiger charge is 2.44. The minimum atomic E-state index is -0.654. The zero-order chi connectivity index (χ0) is 23.8. The Morgan fingerprint density at radius 1 is 1.18 bits per heavy atom. The summed E-state index contributed by atoms with van der Waals surface area (Å²) in [7, 11) is 1.36. The van der Waals surface area contributed by atoms with E-state index in [1.165, 1.54) is 12.7 Å². The van der Waals surface area contributed by atoms with Gasteiger partial charge in [0, 0.05) is 17.0 Å². The van der Waals surface area contributed by atoms with Gasteiger partial charge in [0.05, 0.1) is 25.8 Å². The van der Waals surface area contributed by atoms with E-state index in [0.717, 1.165) is 30.4 Å². The molecule has 1 aliphatic carbocycles. The summed E-state index contributed by atoms with van der Waals surface area (Å²) in [6.07, 6.45) is 2.47. The van der Waals surface area contributed by atoms with Gasteiger partial charge in [0.2, 0.25) is 0 Å². The Balaban J connectivity index is 1.79. The van der Waals surface area contributed by atoms with Gasteiger partial charge in [0.1, 0.15) is 11.4 Å². The molecule has 2 aromatic rings. The number of amides is 1. The van der Waals surface area contributed by atoms with Gasteiger partial charge in [0.15, 0.2) is 0 Å². The minimum absolute atomic E-state index is 0.110. The first-order valence-electron chi connectivity index (χ1n) is 11.2. The fraction of sp³-hybridized carbons (Fsp3) is 0.462. The normalized spacial score (nSPS) is 19.7. The number of hydrogen-bond donors (Lipinski definition) is 0. The average molecular weight is 472 g/mol. The number of carbonyl (C=O) groups is 2. The Labute approximate surface area is 199 Å². The van der Waals surface area contributed by atoms with Crippen LogP contribution in [0.2, 0.25) is 5.02 Å². The van der Waals surface area contributed by atoms with Crippen LogP contribution in [0, 0.1) is 0 Å². The van der Waals surface area contributed by atoms with Crippen LogP contribution in [-0.4, -0.2) is 37.9 Å². The molecule has 1 heterocycles. The second-order valence-electron chi connectivity index (χ2n) is 9.85. The molecule has 4 rings (SSSR count). The number of nitrogens with zero attached hydrogens (tertiary/aromatic N) is 1. The summed E-state index contributed by atoms with van der Waals surface area (Å²) in [4.78, 5) is 27.0. The molecule has 0 N–H and O–H groups in total. The number of fused-ring (bicyclic) bond motifs is 3. The number of ether oxygens (including phenoxy) is 3. The van der Waals surface area contributed by atoms with Crippen molar-refractivity contribution in [1.82, 2.24) is 0 Å². The van der Waals surface area contributed by atoms with Crippen molar-refractivity contribution in [3.8, 4) is 5.75 Å². The van der Waals surface area contributed by atoms with Crippen molar-refractivity contribution in [1.29, 1.82) is 0 Å². The maximum atomic E-state index is 13.4. The number of aryl methyl sites for hydroxylation is 1. The van der Waals surface area contributed by atoms with Crippen molar-refractivity contribution in [3.05, 3.63) is 58.1 Å². The van der Waals surface area contributed by atoms with Gasteiger partial charge in [-0.15, -0.1) is 0 Å². The van der Waals surface area contributed by atoms with Crippen molar-refractivity contribution >= 4 is 29.4 Å². The fourth-order valence-electron chi connectivity index (χ4n) is 4.73. The average Bonchev–Trinajstić information content (AvgIpc) is 2.90. The molecule has 0 saturated carbocycles. The molecule has 33 heavy (non-hydrogen) atoms. The van der Waals surface area contributed by atoms with Gasteiger partial charge >= 0.3 is 12.1 Å². The molecule has 0 saturated heterocycles. The van der Waals surface area contributed by atoms with Crippen LogP contribution in [0.25, 0.3) is 0 Å². The summed E-state index contributed by atoms with van der Waals surface area (Å²) < 4.78 is 16.9. The van der Waals surface area contributed by atoms with Crippen molar-refractivity contribution < 1.29 is 23.8 Å². The van der Waals surface area contributed by atoms with Gasteiger partial charge in [-0.3, -0.25) is 9.69 Å². The first kappa shape index (κ1) is 23.4. The van der Waals surface area contributed by atoms with E-state index in [1.54, 1.807) is 4.90 Å². The maximum absolute atomic E-state index is 13.4. The molecule has 0 bridgehead atoms. The molecule has 1 amide bonds.